The third-order valence-corrected chi connectivity index (χ3v) is 5.84. The van der Waals surface area contributed by atoms with Gasteiger partial charge < -0.3 is 5.32 Å². The average molecular weight is 376 g/mol. The fourth-order valence-corrected chi connectivity index (χ4v) is 3.45. The average Bonchev–Trinajstić information content (AvgIpc) is 2.47. The van der Waals surface area contributed by atoms with Crippen LogP contribution in [-0.2, 0) is 16.3 Å². The lowest BCUT2D eigenvalue weighted by Gasteiger charge is -2.18. The summed E-state index contributed by atoms with van der Waals surface area (Å²) in [6.45, 7) is 5.72. The van der Waals surface area contributed by atoms with Gasteiger partial charge in [-0.2, -0.15) is 0 Å². The van der Waals surface area contributed by atoms with Crippen LogP contribution in [0.15, 0.2) is 28.7 Å². The van der Waals surface area contributed by atoms with E-state index < -0.39 is 9.84 Å². The summed E-state index contributed by atoms with van der Waals surface area (Å²) < 4.78 is 24.5. The fraction of sp³-hybridized carbons (Fsp3) is 0.625. The second-order valence-corrected chi connectivity index (χ2v) is 8.81. The number of hydrogen-bond donors (Lipinski definition) is 1. The Bertz CT molecular complexity index is 500. The molecule has 120 valence electrons. The lowest BCUT2D eigenvalue weighted by atomic mass is 9.97. The van der Waals surface area contributed by atoms with Gasteiger partial charge in [-0.3, -0.25) is 0 Å². The van der Waals surface area contributed by atoms with Crippen molar-refractivity contribution in [3.63, 3.8) is 0 Å². The van der Waals surface area contributed by atoms with Gasteiger partial charge in [-0.25, -0.2) is 8.42 Å². The van der Waals surface area contributed by atoms with Crippen molar-refractivity contribution < 1.29 is 8.42 Å². The Morgan fingerprint density at radius 2 is 1.86 bits per heavy atom. The molecule has 21 heavy (non-hydrogen) atoms. The van der Waals surface area contributed by atoms with Gasteiger partial charge in [-0.15, -0.1) is 0 Å². The van der Waals surface area contributed by atoms with Gasteiger partial charge in [0.15, 0.2) is 0 Å². The molecule has 0 bridgehead atoms. The molecule has 0 spiro atoms. The number of nitrogens with one attached hydrogen (secondary N) is 1. The number of hydrogen-bond acceptors (Lipinski definition) is 3. The second kappa shape index (κ2) is 9.59. The Balaban J connectivity index is 2.60. The second-order valence-electron chi connectivity index (χ2n) is 5.43. The van der Waals surface area contributed by atoms with Crippen molar-refractivity contribution in [2.45, 2.75) is 33.1 Å². The Kier molecular flexibility index (Phi) is 8.52. The van der Waals surface area contributed by atoms with Gasteiger partial charge in [-0.05, 0) is 56.0 Å². The fourth-order valence-electron chi connectivity index (χ4n) is 2.20. The number of rotatable bonds is 10. The maximum atomic E-state index is 11.7. The van der Waals surface area contributed by atoms with Crippen LogP contribution in [0, 0.1) is 5.92 Å². The topological polar surface area (TPSA) is 46.2 Å². The molecule has 0 aliphatic rings. The van der Waals surface area contributed by atoms with Gasteiger partial charge in [0.25, 0.3) is 0 Å². The van der Waals surface area contributed by atoms with Crippen molar-refractivity contribution in [3.8, 4) is 0 Å². The summed E-state index contributed by atoms with van der Waals surface area (Å²) in [5.41, 5.74) is 1.26. The lowest BCUT2D eigenvalue weighted by molar-refractivity contribution is 0.458. The molecule has 0 aromatic heterocycles. The van der Waals surface area contributed by atoms with E-state index in [1.165, 1.54) is 5.56 Å². The minimum Gasteiger partial charge on any atom is -0.316 e. The van der Waals surface area contributed by atoms with Crippen LogP contribution in [0.4, 0.5) is 0 Å². The van der Waals surface area contributed by atoms with Crippen LogP contribution in [0.3, 0.4) is 0 Å². The van der Waals surface area contributed by atoms with E-state index in [1.807, 2.05) is 12.1 Å². The van der Waals surface area contributed by atoms with Crippen molar-refractivity contribution in [2.75, 3.05) is 24.6 Å². The third-order valence-electron chi connectivity index (χ3n) is 3.57. The highest BCUT2D eigenvalue weighted by atomic mass is 79.9. The molecule has 3 nitrogen and oxygen atoms in total. The van der Waals surface area contributed by atoms with E-state index in [0.29, 0.717) is 11.7 Å². The smallest absolute Gasteiger partial charge is 0.150 e. The first-order chi connectivity index (χ1) is 9.96. The van der Waals surface area contributed by atoms with Crippen LogP contribution in [0.5, 0.6) is 0 Å². The van der Waals surface area contributed by atoms with E-state index in [4.69, 9.17) is 0 Å². The normalized spacial score (nSPS) is 13.3. The molecule has 0 heterocycles. The van der Waals surface area contributed by atoms with Crippen molar-refractivity contribution in [2.24, 2.45) is 5.92 Å². The molecule has 1 N–H and O–H groups in total. The van der Waals surface area contributed by atoms with Crippen LogP contribution in [0.1, 0.15) is 32.3 Å². The molecule has 0 aliphatic heterocycles. The van der Waals surface area contributed by atoms with Gasteiger partial charge in [0.2, 0.25) is 0 Å². The lowest BCUT2D eigenvalue weighted by Crippen LogP contribution is -2.27. The zero-order valence-corrected chi connectivity index (χ0v) is 15.3. The van der Waals surface area contributed by atoms with Crippen molar-refractivity contribution in [3.05, 3.63) is 34.3 Å². The predicted octanol–water partition coefficient (Wildman–Crippen LogP) is 3.43. The van der Waals surface area contributed by atoms with E-state index in [9.17, 15) is 8.42 Å². The molecule has 0 radical (unpaired) electrons. The quantitative estimate of drug-likeness (QED) is 0.637. The standard InChI is InChI=1S/C16H26BrNO2S/c1-3-10-18-13-15(9-11-21(19,20)4-2)12-14-5-7-16(17)8-6-14/h5-8,15,18H,3-4,9-13H2,1-2H3. The molecule has 1 unspecified atom stereocenters. The highest BCUT2D eigenvalue weighted by Crippen LogP contribution is 2.16. The number of halogens is 1. The minimum absolute atomic E-state index is 0.237. The minimum atomic E-state index is -2.88. The van der Waals surface area contributed by atoms with Gasteiger partial charge >= 0.3 is 0 Å². The molecule has 5 heteroatoms. The van der Waals surface area contributed by atoms with E-state index in [-0.39, 0.29) is 5.75 Å². The summed E-state index contributed by atoms with van der Waals surface area (Å²) in [6.07, 6.45) is 2.74. The number of benzene rings is 1. The van der Waals surface area contributed by atoms with Crippen molar-refractivity contribution in [1.82, 2.24) is 5.32 Å². The molecule has 0 fully saturated rings. The monoisotopic (exact) mass is 375 g/mol. The van der Waals surface area contributed by atoms with Gasteiger partial charge in [-0.1, -0.05) is 41.9 Å². The van der Waals surface area contributed by atoms with Gasteiger partial charge in [0.05, 0.1) is 5.75 Å². The van der Waals surface area contributed by atoms with Crippen LogP contribution in [0.2, 0.25) is 0 Å². The Morgan fingerprint density at radius 3 is 2.43 bits per heavy atom. The van der Waals surface area contributed by atoms with Crippen molar-refractivity contribution in [1.29, 1.82) is 0 Å². The summed E-state index contributed by atoms with van der Waals surface area (Å²) >= 11 is 3.44. The van der Waals surface area contributed by atoms with Crippen LogP contribution in [-0.4, -0.2) is 33.0 Å². The summed E-state index contributed by atoms with van der Waals surface area (Å²) in [5.74, 6) is 0.887. The van der Waals surface area contributed by atoms with Crippen LogP contribution >= 0.6 is 15.9 Å². The molecule has 1 rings (SSSR count). The summed E-state index contributed by atoms with van der Waals surface area (Å²) in [5, 5.41) is 3.42. The maximum absolute atomic E-state index is 11.7. The van der Waals surface area contributed by atoms with Gasteiger partial charge in [0.1, 0.15) is 9.84 Å². The van der Waals surface area contributed by atoms with E-state index in [0.717, 1.165) is 36.8 Å². The number of sulfone groups is 1. The maximum Gasteiger partial charge on any atom is 0.150 e. The molecule has 0 aliphatic carbocycles. The third kappa shape index (κ3) is 7.98. The van der Waals surface area contributed by atoms with Crippen molar-refractivity contribution >= 4 is 25.8 Å². The SMILES string of the molecule is CCCNCC(CCS(=O)(=O)CC)Cc1ccc(Br)cc1. The van der Waals surface area contributed by atoms with E-state index in [1.54, 1.807) is 6.92 Å². The molecule has 0 saturated heterocycles. The van der Waals surface area contributed by atoms with Gasteiger partial charge in [0, 0.05) is 10.2 Å². The Labute approximate surface area is 137 Å². The Morgan fingerprint density at radius 1 is 1.19 bits per heavy atom. The molecule has 1 aromatic carbocycles. The summed E-state index contributed by atoms with van der Waals surface area (Å²) in [4.78, 5) is 0. The first-order valence-electron chi connectivity index (χ1n) is 7.62. The highest BCUT2D eigenvalue weighted by molar-refractivity contribution is 9.10. The molecular formula is C16H26BrNO2S. The van der Waals surface area contributed by atoms with E-state index >= 15 is 0 Å². The van der Waals surface area contributed by atoms with E-state index in [2.05, 4.69) is 40.3 Å². The molecule has 1 atom stereocenters. The molecule has 0 saturated carbocycles. The summed E-state index contributed by atoms with van der Waals surface area (Å²) in [6, 6.07) is 8.28. The molecular weight excluding hydrogens is 350 g/mol. The highest BCUT2D eigenvalue weighted by Gasteiger charge is 2.15. The molecule has 0 amide bonds. The summed E-state index contributed by atoms with van der Waals surface area (Å²) in [7, 11) is -2.88. The first kappa shape index (κ1) is 18.7. The predicted molar refractivity (Wildman–Crippen MR) is 93.4 cm³/mol. The zero-order chi connectivity index (χ0) is 15.7. The zero-order valence-electron chi connectivity index (χ0n) is 12.9. The van der Waals surface area contributed by atoms with Crippen LogP contribution in [0.25, 0.3) is 0 Å². The first-order valence-corrected chi connectivity index (χ1v) is 10.2. The van der Waals surface area contributed by atoms with Crippen LogP contribution < -0.4 is 5.32 Å². The largest absolute Gasteiger partial charge is 0.316 e. The molecule has 1 aromatic rings. The Hall–Kier alpha value is -0.390.